The third-order valence-electron chi connectivity index (χ3n) is 6.04. The van der Waals surface area contributed by atoms with Gasteiger partial charge < -0.3 is 15.1 Å². The Kier molecular flexibility index (Phi) is 9.73. The van der Waals surface area contributed by atoms with E-state index in [-0.39, 0.29) is 24.3 Å². The zero-order valence-electron chi connectivity index (χ0n) is 18.0. The highest BCUT2D eigenvalue weighted by molar-refractivity contribution is 5.79. The maximum Gasteiger partial charge on any atom is 0.303 e. The van der Waals surface area contributed by atoms with E-state index in [1.807, 2.05) is 17.9 Å². The fourth-order valence-corrected chi connectivity index (χ4v) is 4.10. The highest BCUT2D eigenvalue weighted by Gasteiger charge is 2.44. The lowest BCUT2D eigenvalue weighted by molar-refractivity contribution is -0.137. The van der Waals surface area contributed by atoms with Gasteiger partial charge in [0, 0.05) is 44.2 Å². The number of carboxylic acids is 1. The Morgan fingerprint density at radius 3 is 2.76 bits per heavy atom. The van der Waals surface area contributed by atoms with Crippen molar-refractivity contribution in [3.63, 3.8) is 0 Å². The molecular weight excluding hydrogens is 366 g/mol. The van der Waals surface area contributed by atoms with Gasteiger partial charge in [0.1, 0.15) is 0 Å². The third-order valence-corrected chi connectivity index (χ3v) is 6.04. The zero-order valence-corrected chi connectivity index (χ0v) is 18.0. The number of likely N-dealkylation sites (tertiary alicyclic amines) is 1. The molecule has 0 aromatic rings. The largest absolute Gasteiger partial charge is 0.481 e. The standard InChI is InChI=1S/C24H37NO4/c1-3-4-5-8-11-18(2)22(26)17-19-16-20(19)21-13-14-23(27)25(21)15-10-7-6-9-12-24(28)29/h17-18,20-22,26H,3-4,6-7,9-16H2,1-2H3,(H,28,29)/b19-17-/t18?,20-,21?,22+/m0/s1. The van der Waals surface area contributed by atoms with Crippen molar-refractivity contribution in [1.29, 1.82) is 0 Å². The molecule has 1 aliphatic carbocycles. The van der Waals surface area contributed by atoms with E-state index >= 15 is 0 Å². The van der Waals surface area contributed by atoms with E-state index in [9.17, 15) is 14.7 Å². The molecule has 0 radical (unpaired) electrons. The van der Waals surface area contributed by atoms with Crippen LogP contribution in [0.15, 0.2) is 11.6 Å². The summed E-state index contributed by atoms with van der Waals surface area (Å²) in [6.07, 6.45) is 10.5. The second-order valence-corrected chi connectivity index (χ2v) is 8.58. The van der Waals surface area contributed by atoms with Crippen LogP contribution < -0.4 is 0 Å². The second kappa shape index (κ2) is 12.0. The number of unbranched alkanes of at least 4 members (excludes halogenated alkanes) is 4. The van der Waals surface area contributed by atoms with Crippen LogP contribution in [0.2, 0.25) is 0 Å². The lowest BCUT2D eigenvalue weighted by Crippen LogP contribution is -2.35. The molecule has 2 rings (SSSR count). The van der Waals surface area contributed by atoms with Gasteiger partial charge in [0.15, 0.2) is 0 Å². The van der Waals surface area contributed by atoms with Crippen molar-refractivity contribution in [2.45, 2.75) is 96.6 Å². The van der Waals surface area contributed by atoms with Crippen LogP contribution >= 0.6 is 0 Å². The Morgan fingerprint density at radius 2 is 2.03 bits per heavy atom. The molecule has 0 spiro atoms. The second-order valence-electron chi connectivity index (χ2n) is 8.58. The minimum Gasteiger partial charge on any atom is -0.481 e. The number of nitrogens with zero attached hydrogens (tertiary/aromatic N) is 1. The van der Waals surface area contributed by atoms with Gasteiger partial charge in [-0.3, -0.25) is 9.59 Å². The van der Waals surface area contributed by atoms with Crippen LogP contribution in [-0.2, 0) is 9.59 Å². The summed E-state index contributed by atoms with van der Waals surface area (Å²) in [4.78, 5) is 24.9. The summed E-state index contributed by atoms with van der Waals surface area (Å²) in [5.74, 6) is 6.33. The van der Waals surface area contributed by atoms with Crippen LogP contribution in [0.1, 0.15) is 84.5 Å². The van der Waals surface area contributed by atoms with E-state index < -0.39 is 12.1 Å². The summed E-state index contributed by atoms with van der Waals surface area (Å²) in [5, 5.41) is 19.1. The topological polar surface area (TPSA) is 77.8 Å². The number of aliphatic hydroxyl groups excluding tert-OH is 1. The highest BCUT2D eigenvalue weighted by atomic mass is 16.4. The predicted octanol–water partition coefficient (Wildman–Crippen LogP) is 4.15. The molecule has 0 aromatic heterocycles. The maximum atomic E-state index is 12.3. The third kappa shape index (κ3) is 7.85. The van der Waals surface area contributed by atoms with Gasteiger partial charge in [-0.2, -0.15) is 0 Å². The molecule has 1 saturated heterocycles. The molecule has 2 N–H and O–H groups in total. The Balaban J connectivity index is 1.76. The fourth-order valence-electron chi connectivity index (χ4n) is 4.10. The lowest BCUT2D eigenvalue weighted by atomic mass is 10.00. The molecule has 1 heterocycles. The Hall–Kier alpha value is -1.80. The SMILES string of the molecule is CCCC#CCC(C)[C@H](O)/C=C1/C[C@@H]1C1CCC(=O)N1CCCCCCC(=O)O. The van der Waals surface area contributed by atoms with Gasteiger partial charge in [-0.05, 0) is 38.0 Å². The molecule has 4 atom stereocenters. The van der Waals surface area contributed by atoms with Crippen molar-refractivity contribution in [1.82, 2.24) is 4.90 Å². The monoisotopic (exact) mass is 403 g/mol. The van der Waals surface area contributed by atoms with Crippen LogP contribution in [0.3, 0.4) is 0 Å². The van der Waals surface area contributed by atoms with Gasteiger partial charge in [-0.25, -0.2) is 0 Å². The number of hydrogen-bond acceptors (Lipinski definition) is 3. The number of aliphatic carboxylic acids is 1. The zero-order chi connectivity index (χ0) is 21.2. The number of aliphatic hydroxyl groups is 1. The number of amides is 1. The van der Waals surface area contributed by atoms with Gasteiger partial charge in [0.05, 0.1) is 6.10 Å². The first kappa shape index (κ1) is 23.5. The molecule has 1 aliphatic heterocycles. The summed E-state index contributed by atoms with van der Waals surface area (Å²) in [7, 11) is 0. The van der Waals surface area contributed by atoms with E-state index in [1.165, 1.54) is 5.57 Å². The number of carboxylic acid groups (broad SMARTS) is 1. The first-order valence-electron chi connectivity index (χ1n) is 11.3. The van der Waals surface area contributed by atoms with E-state index in [2.05, 4.69) is 18.8 Å². The molecule has 5 nitrogen and oxygen atoms in total. The Bertz CT molecular complexity index is 645. The quantitative estimate of drug-likeness (QED) is 0.291. The van der Waals surface area contributed by atoms with Gasteiger partial charge in [-0.1, -0.05) is 38.3 Å². The molecule has 5 heteroatoms. The summed E-state index contributed by atoms with van der Waals surface area (Å²) < 4.78 is 0. The predicted molar refractivity (Wildman–Crippen MR) is 114 cm³/mol. The number of rotatable bonds is 12. The first-order valence-corrected chi connectivity index (χ1v) is 11.3. The minimum absolute atomic E-state index is 0.125. The van der Waals surface area contributed by atoms with Gasteiger partial charge in [0.25, 0.3) is 0 Å². The van der Waals surface area contributed by atoms with Crippen LogP contribution in [0.5, 0.6) is 0 Å². The molecule has 2 unspecified atom stereocenters. The van der Waals surface area contributed by atoms with Crippen molar-refractivity contribution in [3.05, 3.63) is 11.6 Å². The maximum absolute atomic E-state index is 12.3. The average molecular weight is 404 g/mol. The molecule has 1 amide bonds. The molecule has 29 heavy (non-hydrogen) atoms. The normalized spacial score (nSPS) is 24.3. The molecule has 1 saturated carbocycles. The molecular formula is C24H37NO4. The number of carbonyl (C=O) groups excluding carboxylic acids is 1. The summed E-state index contributed by atoms with van der Waals surface area (Å²) in [6.45, 7) is 4.92. The van der Waals surface area contributed by atoms with Crippen LogP contribution in [-0.4, -0.2) is 45.7 Å². The minimum atomic E-state index is -0.739. The van der Waals surface area contributed by atoms with Crippen LogP contribution in [0, 0.1) is 23.7 Å². The smallest absolute Gasteiger partial charge is 0.303 e. The Labute approximate surface area is 175 Å². The lowest BCUT2D eigenvalue weighted by Gasteiger charge is -2.24. The molecule has 0 bridgehead atoms. The van der Waals surface area contributed by atoms with Crippen molar-refractivity contribution in [2.24, 2.45) is 11.8 Å². The van der Waals surface area contributed by atoms with Crippen molar-refractivity contribution < 1.29 is 19.8 Å². The van der Waals surface area contributed by atoms with Crippen molar-refractivity contribution in [2.75, 3.05) is 6.54 Å². The van der Waals surface area contributed by atoms with Gasteiger partial charge in [-0.15, -0.1) is 11.8 Å². The van der Waals surface area contributed by atoms with Crippen molar-refractivity contribution in [3.8, 4) is 11.8 Å². The molecule has 2 aliphatic rings. The fraction of sp³-hybridized carbons (Fsp3) is 0.750. The average Bonchev–Trinajstić information content (AvgIpc) is 3.34. The first-order chi connectivity index (χ1) is 13.9. The molecule has 2 fully saturated rings. The number of hydrogen-bond donors (Lipinski definition) is 2. The molecule has 0 aromatic carbocycles. The summed E-state index contributed by atoms with van der Waals surface area (Å²) >= 11 is 0. The van der Waals surface area contributed by atoms with Gasteiger partial charge in [0.2, 0.25) is 5.91 Å². The summed E-state index contributed by atoms with van der Waals surface area (Å²) in [5.41, 5.74) is 1.29. The van der Waals surface area contributed by atoms with E-state index in [4.69, 9.17) is 5.11 Å². The van der Waals surface area contributed by atoms with E-state index in [1.54, 1.807) is 0 Å². The van der Waals surface area contributed by atoms with Crippen molar-refractivity contribution >= 4 is 11.9 Å². The Morgan fingerprint density at radius 1 is 1.28 bits per heavy atom. The van der Waals surface area contributed by atoms with E-state index in [0.717, 1.165) is 51.5 Å². The molecule has 162 valence electrons. The van der Waals surface area contributed by atoms with Gasteiger partial charge >= 0.3 is 5.97 Å². The van der Waals surface area contributed by atoms with E-state index in [0.29, 0.717) is 25.2 Å². The summed E-state index contributed by atoms with van der Waals surface area (Å²) in [6, 6.07) is 0.277. The van der Waals surface area contributed by atoms with Crippen LogP contribution in [0.4, 0.5) is 0 Å². The highest BCUT2D eigenvalue weighted by Crippen LogP contribution is 2.46. The number of carbonyl (C=O) groups is 2. The van der Waals surface area contributed by atoms with Crippen LogP contribution in [0.25, 0.3) is 0 Å².